The quantitative estimate of drug-likeness (QED) is 0.810. The zero-order chi connectivity index (χ0) is 19.2. The lowest BCUT2D eigenvalue weighted by Gasteiger charge is -2.40. The molecule has 1 atom stereocenters. The highest BCUT2D eigenvalue weighted by Crippen LogP contribution is 2.31. The highest BCUT2D eigenvalue weighted by atomic mass is 35.5. The van der Waals surface area contributed by atoms with Crippen LogP contribution in [0.15, 0.2) is 24.3 Å². The summed E-state index contributed by atoms with van der Waals surface area (Å²) in [6.45, 7) is 5.59. The molecule has 0 unspecified atom stereocenters. The van der Waals surface area contributed by atoms with Gasteiger partial charge in [0.25, 0.3) is 5.91 Å². The molecule has 1 aromatic carbocycles. The molecule has 6 heteroatoms. The van der Waals surface area contributed by atoms with E-state index in [4.69, 9.17) is 11.6 Å². The Morgan fingerprint density at radius 1 is 1.19 bits per heavy atom. The van der Waals surface area contributed by atoms with Gasteiger partial charge in [0, 0.05) is 43.3 Å². The van der Waals surface area contributed by atoms with Gasteiger partial charge in [-0.15, -0.1) is 0 Å². The molecule has 2 fully saturated rings. The maximum atomic E-state index is 12.8. The van der Waals surface area contributed by atoms with Crippen LogP contribution in [0.25, 0.3) is 0 Å². The number of piperazine rings is 1. The van der Waals surface area contributed by atoms with Gasteiger partial charge in [0.05, 0.1) is 6.04 Å². The van der Waals surface area contributed by atoms with Crippen molar-refractivity contribution in [1.29, 1.82) is 0 Å². The SMILES string of the molecule is CCCNC(=O)[C@@H](C1CCCC1)N1CCN(C(=O)c2cccc(Cl)c2)CC1. The summed E-state index contributed by atoms with van der Waals surface area (Å²) < 4.78 is 0. The Balaban J connectivity index is 1.62. The minimum Gasteiger partial charge on any atom is -0.355 e. The van der Waals surface area contributed by atoms with Crippen LogP contribution in [0.4, 0.5) is 0 Å². The van der Waals surface area contributed by atoms with E-state index in [0.717, 1.165) is 38.9 Å². The Hall–Kier alpha value is -1.59. The average molecular weight is 392 g/mol. The molecule has 1 N–H and O–H groups in total. The third-order valence-corrected chi connectivity index (χ3v) is 5.97. The van der Waals surface area contributed by atoms with Crippen molar-refractivity contribution in [1.82, 2.24) is 15.1 Å². The molecule has 148 valence electrons. The number of benzene rings is 1. The first-order valence-corrected chi connectivity index (χ1v) is 10.5. The van der Waals surface area contributed by atoms with Crippen LogP contribution in [0.1, 0.15) is 49.4 Å². The fourth-order valence-electron chi connectivity index (χ4n) is 4.31. The van der Waals surface area contributed by atoms with Crippen LogP contribution in [0.3, 0.4) is 0 Å². The van der Waals surface area contributed by atoms with Crippen LogP contribution in [-0.4, -0.2) is 60.4 Å². The lowest BCUT2D eigenvalue weighted by Crippen LogP contribution is -2.58. The molecule has 2 aliphatic rings. The van der Waals surface area contributed by atoms with Crippen molar-refractivity contribution >= 4 is 23.4 Å². The molecule has 5 nitrogen and oxygen atoms in total. The first-order chi connectivity index (χ1) is 13.1. The van der Waals surface area contributed by atoms with Crippen LogP contribution in [0, 0.1) is 5.92 Å². The Morgan fingerprint density at radius 2 is 1.89 bits per heavy atom. The van der Waals surface area contributed by atoms with Gasteiger partial charge in [-0.3, -0.25) is 14.5 Å². The van der Waals surface area contributed by atoms with Gasteiger partial charge < -0.3 is 10.2 Å². The van der Waals surface area contributed by atoms with Gasteiger partial charge >= 0.3 is 0 Å². The van der Waals surface area contributed by atoms with Gasteiger partial charge in [-0.05, 0) is 43.4 Å². The molecular weight excluding hydrogens is 362 g/mol. The van der Waals surface area contributed by atoms with Gasteiger partial charge in [-0.1, -0.05) is 37.4 Å². The Morgan fingerprint density at radius 3 is 2.52 bits per heavy atom. The molecule has 1 aliphatic heterocycles. The van der Waals surface area contributed by atoms with E-state index in [0.29, 0.717) is 29.6 Å². The average Bonchev–Trinajstić information content (AvgIpc) is 3.21. The van der Waals surface area contributed by atoms with E-state index >= 15 is 0 Å². The summed E-state index contributed by atoms with van der Waals surface area (Å²) in [5.74, 6) is 0.625. The predicted molar refractivity (Wildman–Crippen MR) is 108 cm³/mol. The third-order valence-electron chi connectivity index (χ3n) is 5.73. The van der Waals surface area contributed by atoms with Crippen molar-refractivity contribution in [2.75, 3.05) is 32.7 Å². The largest absolute Gasteiger partial charge is 0.355 e. The van der Waals surface area contributed by atoms with Crippen molar-refractivity contribution in [3.63, 3.8) is 0 Å². The van der Waals surface area contributed by atoms with Gasteiger partial charge in [0.1, 0.15) is 0 Å². The van der Waals surface area contributed by atoms with Crippen molar-refractivity contribution in [2.45, 2.75) is 45.1 Å². The zero-order valence-electron chi connectivity index (χ0n) is 16.1. The number of nitrogens with zero attached hydrogens (tertiary/aromatic N) is 2. The number of nitrogens with one attached hydrogen (secondary N) is 1. The smallest absolute Gasteiger partial charge is 0.253 e. The molecule has 0 bridgehead atoms. The molecule has 1 aliphatic carbocycles. The molecule has 1 heterocycles. The first kappa shape index (κ1) is 20.2. The molecule has 0 aromatic heterocycles. The number of carbonyl (C=O) groups is 2. The Labute approximate surface area is 167 Å². The van der Waals surface area contributed by atoms with Crippen LogP contribution in [0.5, 0.6) is 0 Å². The molecule has 2 amide bonds. The van der Waals surface area contributed by atoms with E-state index in [1.54, 1.807) is 24.3 Å². The maximum Gasteiger partial charge on any atom is 0.253 e. The summed E-state index contributed by atoms with van der Waals surface area (Å²) in [7, 11) is 0. The first-order valence-electron chi connectivity index (χ1n) is 10.2. The van der Waals surface area contributed by atoms with Crippen molar-refractivity contribution in [2.24, 2.45) is 5.92 Å². The number of hydrogen-bond donors (Lipinski definition) is 1. The molecule has 3 rings (SSSR count). The van der Waals surface area contributed by atoms with E-state index in [1.807, 2.05) is 4.90 Å². The molecule has 0 spiro atoms. The van der Waals surface area contributed by atoms with Gasteiger partial charge in [-0.2, -0.15) is 0 Å². The highest BCUT2D eigenvalue weighted by Gasteiger charge is 2.37. The Bertz CT molecular complexity index is 653. The fourth-order valence-corrected chi connectivity index (χ4v) is 4.50. The van der Waals surface area contributed by atoms with Crippen LogP contribution < -0.4 is 5.32 Å². The second kappa shape index (κ2) is 9.56. The lowest BCUT2D eigenvalue weighted by atomic mass is 9.95. The second-order valence-electron chi connectivity index (χ2n) is 7.62. The third kappa shape index (κ3) is 5.02. The number of amides is 2. The molecule has 27 heavy (non-hydrogen) atoms. The fraction of sp³-hybridized carbons (Fsp3) is 0.619. The summed E-state index contributed by atoms with van der Waals surface area (Å²) in [5, 5.41) is 3.67. The summed E-state index contributed by atoms with van der Waals surface area (Å²) in [5.41, 5.74) is 0.629. The topological polar surface area (TPSA) is 52.7 Å². The Kier molecular flexibility index (Phi) is 7.13. The second-order valence-corrected chi connectivity index (χ2v) is 8.06. The molecular formula is C21H30ClN3O2. The standard InChI is InChI=1S/C21H30ClN3O2/c1-2-10-23-20(26)19(16-6-3-4-7-16)24-11-13-25(14-12-24)21(27)17-8-5-9-18(22)15-17/h5,8-9,15-16,19H,2-4,6-7,10-14H2,1H3,(H,23,26)/t19-/m1/s1. The van der Waals surface area contributed by atoms with Crippen molar-refractivity contribution in [3.8, 4) is 0 Å². The van der Waals surface area contributed by atoms with Crippen LogP contribution >= 0.6 is 11.6 Å². The highest BCUT2D eigenvalue weighted by molar-refractivity contribution is 6.30. The van der Waals surface area contributed by atoms with Crippen molar-refractivity contribution in [3.05, 3.63) is 34.9 Å². The summed E-state index contributed by atoms with van der Waals surface area (Å²) in [6, 6.07) is 7.05. The summed E-state index contributed by atoms with van der Waals surface area (Å²) in [4.78, 5) is 29.7. The minimum absolute atomic E-state index is 0.0185. The molecule has 1 saturated heterocycles. The van der Waals surface area contributed by atoms with Crippen molar-refractivity contribution < 1.29 is 9.59 Å². The molecule has 0 radical (unpaired) electrons. The van der Waals surface area contributed by atoms with Crippen LogP contribution in [-0.2, 0) is 4.79 Å². The normalized spacial score (nSPS) is 19.9. The van der Waals surface area contributed by atoms with Gasteiger partial charge in [0.2, 0.25) is 5.91 Å². The lowest BCUT2D eigenvalue weighted by molar-refractivity contribution is -0.129. The van der Waals surface area contributed by atoms with E-state index in [1.165, 1.54) is 12.8 Å². The summed E-state index contributed by atoms with van der Waals surface area (Å²) in [6.07, 6.45) is 5.65. The number of carbonyl (C=O) groups excluding carboxylic acids is 2. The number of rotatable bonds is 6. The number of halogens is 1. The van der Waals surface area contributed by atoms with E-state index in [-0.39, 0.29) is 17.9 Å². The van der Waals surface area contributed by atoms with Crippen LogP contribution in [0.2, 0.25) is 5.02 Å². The minimum atomic E-state index is -0.0533. The molecule has 1 saturated carbocycles. The zero-order valence-corrected chi connectivity index (χ0v) is 16.9. The monoisotopic (exact) mass is 391 g/mol. The van der Waals surface area contributed by atoms with E-state index in [2.05, 4.69) is 17.1 Å². The maximum absolute atomic E-state index is 12.8. The predicted octanol–water partition coefficient (Wildman–Crippen LogP) is 3.18. The molecule has 1 aromatic rings. The number of hydrogen-bond acceptors (Lipinski definition) is 3. The van der Waals surface area contributed by atoms with E-state index < -0.39 is 0 Å². The van der Waals surface area contributed by atoms with Gasteiger partial charge in [-0.25, -0.2) is 0 Å². The van der Waals surface area contributed by atoms with E-state index in [9.17, 15) is 9.59 Å². The van der Waals surface area contributed by atoms with Gasteiger partial charge in [0.15, 0.2) is 0 Å². The summed E-state index contributed by atoms with van der Waals surface area (Å²) >= 11 is 6.02.